The molecule has 0 amide bonds. The maximum absolute atomic E-state index is 13.6. The number of hydrogen-bond donors (Lipinski definition) is 1. The van der Waals surface area contributed by atoms with Gasteiger partial charge in [-0.3, -0.25) is 9.88 Å². The van der Waals surface area contributed by atoms with Crippen LogP contribution in [0.4, 0.5) is 8.78 Å². The van der Waals surface area contributed by atoms with Crippen molar-refractivity contribution >= 4 is 0 Å². The molecule has 1 aromatic heterocycles. The molecule has 18 heavy (non-hydrogen) atoms. The van der Waals surface area contributed by atoms with Crippen molar-refractivity contribution in [2.45, 2.75) is 44.4 Å². The van der Waals surface area contributed by atoms with E-state index in [2.05, 4.69) is 22.1 Å². The Labute approximate surface area is 105 Å². The fourth-order valence-corrected chi connectivity index (χ4v) is 3.16. The molecule has 5 heteroatoms. The van der Waals surface area contributed by atoms with E-state index in [1.54, 1.807) is 0 Å². The quantitative estimate of drug-likeness (QED) is 0.869. The lowest BCUT2D eigenvalue weighted by Crippen LogP contribution is -2.56. The van der Waals surface area contributed by atoms with Gasteiger partial charge >= 0.3 is 0 Å². The molecule has 0 aliphatic carbocycles. The summed E-state index contributed by atoms with van der Waals surface area (Å²) in [4.78, 5) is 6.19. The number of aromatic nitrogens is 1. The summed E-state index contributed by atoms with van der Waals surface area (Å²) < 4.78 is 26.5. The molecule has 0 spiro atoms. The molecule has 3 rings (SSSR count). The lowest BCUT2D eigenvalue weighted by atomic mass is 10.1. The molecule has 2 aliphatic rings. The van der Waals surface area contributed by atoms with Crippen molar-refractivity contribution in [3.8, 4) is 0 Å². The van der Waals surface area contributed by atoms with Crippen molar-refractivity contribution in [1.82, 2.24) is 15.2 Å². The van der Waals surface area contributed by atoms with Crippen LogP contribution in [0.3, 0.4) is 0 Å². The zero-order chi connectivity index (χ0) is 12.7. The molecule has 2 bridgehead atoms. The SMILES string of the molecule is C[C@H]1NC[C@@H]2CC[C@H]1N2Cc1ncc(F)cc1F. The van der Waals surface area contributed by atoms with Gasteiger partial charge in [-0.2, -0.15) is 0 Å². The van der Waals surface area contributed by atoms with Gasteiger partial charge in [0.05, 0.1) is 11.9 Å². The molecule has 3 nitrogen and oxygen atoms in total. The van der Waals surface area contributed by atoms with E-state index in [1.165, 1.54) is 0 Å². The van der Waals surface area contributed by atoms with Gasteiger partial charge in [-0.25, -0.2) is 8.78 Å². The van der Waals surface area contributed by atoms with Gasteiger partial charge in [0.25, 0.3) is 0 Å². The van der Waals surface area contributed by atoms with Crippen LogP contribution in [0.25, 0.3) is 0 Å². The van der Waals surface area contributed by atoms with Crippen molar-refractivity contribution in [2.24, 2.45) is 0 Å². The average molecular weight is 253 g/mol. The Balaban J connectivity index is 1.80. The number of piperazine rings is 1. The molecule has 1 N–H and O–H groups in total. The first kappa shape index (κ1) is 12.0. The zero-order valence-electron chi connectivity index (χ0n) is 10.4. The van der Waals surface area contributed by atoms with Crippen LogP contribution < -0.4 is 5.32 Å². The summed E-state index contributed by atoms with van der Waals surface area (Å²) in [6.07, 6.45) is 3.37. The van der Waals surface area contributed by atoms with Crippen LogP contribution >= 0.6 is 0 Å². The number of rotatable bonds is 2. The summed E-state index contributed by atoms with van der Waals surface area (Å²) in [6.45, 7) is 3.58. The van der Waals surface area contributed by atoms with E-state index < -0.39 is 11.6 Å². The fraction of sp³-hybridized carbons (Fsp3) is 0.615. The van der Waals surface area contributed by atoms with Crippen LogP contribution in [0.1, 0.15) is 25.5 Å². The first-order valence-electron chi connectivity index (χ1n) is 6.44. The van der Waals surface area contributed by atoms with E-state index in [4.69, 9.17) is 0 Å². The maximum atomic E-state index is 13.6. The van der Waals surface area contributed by atoms with Gasteiger partial charge in [0.2, 0.25) is 0 Å². The first-order valence-corrected chi connectivity index (χ1v) is 6.44. The monoisotopic (exact) mass is 253 g/mol. The van der Waals surface area contributed by atoms with Gasteiger partial charge in [0.15, 0.2) is 0 Å². The van der Waals surface area contributed by atoms with E-state index >= 15 is 0 Å². The Morgan fingerprint density at radius 2 is 2.28 bits per heavy atom. The summed E-state index contributed by atoms with van der Waals surface area (Å²) in [7, 11) is 0. The molecule has 2 fully saturated rings. The topological polar surface area (TPSA) is 28.2 Å². The Hall–Kier alpha value is -1.07. The van der Waals surface area contributed by atoms with Gasteiger partial charge in [-0.15, -0.1) is 0 Å². The van der Waals surface area contributed by atoms with Gasteiger partial charge < -0.3 is 5.32 Å². The first-order chi connectivity index (χ1) is 8.65. The third-order valence-electron chi connectivity index (χ3n) is 4.16. The molecule has 1 aromatic rings. The molecule has 0 aromatic carbocycles. The predicted molar refractivity (Wildman–Crippen MR) is 64.0 cm³/mol. The standard InChI is InChI=1S/C13H17F2N3/c1-8-13-3-2-10(6-16-8)18(13)7-12-11(15)4-9(14)5-17-12/h4-5,8,10,13,16H,2-3,6-7H2,1H3/t8-,10+,13-/m1/s1. The molecular weight excluding hydrogens is 236 g/mol. The van der Waals surface area contributed by atoms with E-state index in [1.807, 2.05) is 0 Å². The number of halogens is 2. The van der Waals surface area contributed by atoms with Gasteiger partial charge in [-0.1, -0.05) is 0 Å². The van der Waals surface area contributed by atoms with Crippen LogP contribution in [-0.4, -0.2) is 34.6 Å². The fourth-order valence-electron chi connectivity index (χ4n) is 3.16. The van der Waals surface area contributed by atoms with Crippen LogP contribution in [0, 0.1) is 11.6 Å². The largest absolute Gasteiger partial charge is 0.311 e. The van der Waals surface area contributed by atoms with Crippen LogP contribution in [0.2, 0.25) is 0 Å². The summed E-state index contributed by atoms with van der Waals surface area (Å²) in [6, 6.07) is 2.23. The molecule has 0 unspecified atom stereocenters. The molecular formula is C13H17F2N3. The van der Waals surface area contributed by atoms with Crippen LogP contribution in [0.5, 0.6) is 0 Å². The minimum absolute atomic E-state index is 0.349. The summed E-state index contributed by atoms with van der Waals surface area (Å²) in [5.74, 6) is -1.16. The average Bonchev–Trinajstić information content (AvgIpc) is 2.62. The third kappa shape index (κ3) is 2.01. The minimum Gasteiger partial charge on any atom is -0.311 e. The van der Waals surface area contributed by atoms with Crippen molar-refractivity contribution in [1.29, 1.82) is 0 Å². The number of fused-ring (bicyclic) bond motifs is 2. The number of hydrogen-bond acceptors (Lipinski definition) is 3. The number of nitrogens with one attached hydrogen (secondary N) is 1. The van der Waals surface area contributed by atoms with Crippen molar-refractivity contribution in [3.63, 3.8) is 0 Å². The van der Waals surface area contributed by atoms with Crippen LogP contribution in [-0.2, 0) is 6.54 Å². The molecule has 3 atom stereocenters. The minimum atomic E-state index is -0.618. The van der Waals surface area contributed by atoms with E-state index in [0.29, 0.717) is 30.4 Å². The highest BCUT2D eigenvalue weighted by atomic mass is 19.1. The third-order valence-corrected chi connectivity index (χ3v) is 4.16. The van der Waals surface area contributed by atoms with Gasteiger partial charge in [-0.05, 0) is 19.8 Å². The summed E-state index contributed by atoms with van der Waals surface area (Å²) in [5.41, 5.74) is 0.349. The second-order valence-corrected chi connectivity index (χ2v) is 5.25. The molecule has 3 heterocycles. The second kappa shape index (κ2) is 4.55. The lowest BCUT2D eigenvalue weighted by molar-refractivity contribution is 0.111. The Bertz CT molecular complexity index is 452. The normalized spacial score (nSPS) is 31.8. The summed E-state index contributed by atoms with van der Waals surface area (Å²) >= 11 is 0. The van der Waals surface area contributed by atoms with E-state index in [0.717, 1.165) is 31.6 Å². The molecule has 98 valence electrons. The van der Waals surface area contributed by atoms with Gasteiger partial charge in [0, 0.05) is 37.3 Å². The molecule has 0 saturated carbocycles. The maximum Gasteiger partial charge on any atom is 0.148 e. The Morgan fingerprint density at radius 3 is 3.06 bits per heavy atom. The van der Waals surface area contributed by atoms with Crippen molar-refractivity contribution < 1.29 is 8.78 Å². The smallest absolute Gasteiger partial charge is 0.148 e. The lowest BCUT2D eigenvalue weighted by Gasteiger charge is -2.39. The summed E-state index contributed by atoms with van der Waals surface area (Å²) in [5, 5.41) is 3.47. The molecule has 0 radical (unpaired) electrons. The highest BCUT2D eigenvalue weighted by Gasteiger charge is 2.40. The van der Waals surface area contributed by atoms with Crippen molar-refractivity contribution in [2.75, 3.05) is 6.54 Å². The highest BCUT2D eigenvalue weighted by molar-refractivity contribution is 5.10. The Morgan fingerprint density at radius 1 is 1.44 bits per heavy atom. The predicted octanol–water partition coefficient (Wildman–Crippen LogP) is 1.68. The number of nitrogens with zero attached hydrogens (tertiary/aromatic N) is 2. The molecule has 2 aliphatic heterocycles. The van der Waals surface area contributed by atoms with E-state index in [-0.39, 0.29) is 0 Å². The van der Waals surface area contributed by atoms with Crippen molar-refractivity contribution in [3.05, 3.63) is 29.6 Å². The Kier molecular flexibility index (Phi) is 3.03. The van der Waals surface area contributed by atoms with E-state index in [9.17, 15) is 8.78 Å². The highest BCUT2D eigenvalue weighted by Crippen LogP contribution is 2.31. The molecule has 2 saturated heterocycles. The van der Waals surface area contributed by atoms with Gasteiger partial charge in [0.1, 0.15) is 11.6 Å². The van der Waals surface area contributed by atoms with Crippen LogP contribution in [0.15, 0.2) is 12.3 Å². The zero-order valence-corrected chi connectivity index (χ0v) is 10.4. The number of pyridine rings is 1. The second-order valence-electron chi connectivity index (χ2n) is 5.25.